The molecule has 1 atom stereocenters. The summed E-state index contributed by atoms with van der Waals surface area (Å²) in [6.45, 7) is 8.24. The number of aliphatic hydroxyl groups is 1. The van der Waals surface area contributed by atoms with Crippen LogP contribution in [0, 0.1) is 5.41 Å². The quantitative estimate of drug-likeness (QED) is 0.229. The number of hydrogen-bond acceptors (Lipinski definition) is 4. The molecule has 0 aliphatic heterocycles. The number of benzene rings is 2. The summed E-state index contributed by atoms with van der Waals surface area (Å²) in [7, 11) is 0. The number of carbonyl (C=O) groups is 1. The van der Waals surface area contributed by atoms with Gasteiger partial charge in [-0.1, -0.05) is 74.5 Å². The molecule has 216 valence electrons. The second-order valence-corrected chi connectivity index (χ2v) is 14.4. The van der Waals surface area contributed by atoms with Crippen LogP contribution in [0.15, 0.2) is 60.7 Å². The lowest BCUT2D eigenvalue weighted by Crippen LogP contribution is -2.18. The Labute approximate surface area is 249 Å². The first kappa shape index (κ1) is 29.6. The maximum absolute atomic E-state index is 11.5. The third kappa shape index (κ3) is 7.31. The van der Waals surface area contributed by atoms with Crippen LogP contribution in [0.25, 0.3) is 12.2 Å². The van der Waals surface area contributed by atoms with Crippen LogP contribution in [0.3, 0.4) is 0 Å². The summed E-state index contributed by atoms with van der Waals surface area (Å²) in [5.74, 6) is 0.154. The molecular formula is C36H43NO3S. The molecule has 0 bridgehead atoms. The minimum atomic E-state index is -0.899. The Balaban J connectivity index is 1.36. The summed E-state index contributed by atoms with van der Waals surface area (Å²) < 4.78 is 0. The zero-order valence-electron chi connectivity index (χ0n) is 24.8. The molecule has 2 aliphatic rings. The molecule has 0 amide bonds. The van der Waals surface area contributed by atoms with E-state index >= 15 is 0 Å². The molecule has 0 spiro atoms. The van der Waals surface area contributed by atoms with Crippen molar-refractivity contribution in [3.63, 3.8) is 0 Å². The van der Waals surface area contributed by atoms with Gasteiger partial charge >= 0.3 is 5.97 Å². The van der Waals surface area contributed by atoms with Crippen molar-refractivity contribution in [2.24, 2.45) is 5.41 Å². The van der Waals surface area contributed by atoms with Crippen molar-refractivity contribution < 1.29 is 15.0 Å². The van der Waals surface area contributed by atoms with Gasteiger partial charge in [0, 0.05) is 22.1 Å². The Bertz CT molecular complexity index is 1430. The van der Waals surface area contributed by atoms with E-state index in [0.717, 1.165) is 61.1 Å². The highest BCUT2D eigenvalue weighted by molar-refractivity contribution is 7.99. The Morgan fingerprint density at radius 1 is 1.05 bits per heavy atom. The van der Waals surface area contributed by atoms with Crippen LogP contribution in [-0.4, -0.2) is 26.9 Å². The van der Waals surface area contributed by atoms with Crippen molar-refractivity contribution in [2.45, 2.75) is 88.9 Å². The first-order chi connectivity index (χ1) is 19.4. The van der Waals surface area contributed by atoms with Crippen molar-refractivity contribution in [1.29, 1.82) is 0 Å². The molecule has 1 aromatic heterocycles. The van der Waals surface area contributed by atoms with E-state index in [1.165, 1.54) is 22.4 Å². The number of aryl methyl sites for hydroxylation is 2. The van der Waals surface area contributed by atoms with Gasteiger partial charge in [0.15, 0.2) is 0 Å². The maximum Gasteiger partial charge on any atom is 0.303 e. The molecule has 41 heavy (non-hydrogen) atoms. The molecule has 0 unspecified atom stereocenters. The highest BCUT2D eigenvalue weighted by atomic mass is 32.2. The molecule has 3 aromatic rings. The summed E-state index contributed by atoms with van der Waals surface area (Å²) in [5, 5.41) is 20.4. The second kappa shape index (κ2) is 11.8. The van der Waals surface area contributed by atoms with Crippen LogP contribution in [0.1, 0.15) is 104 Å². The number of nitrogens with zero attached hydrogens (tertiary/aromatic N) is 1. The standard InChI is InChI=1S/C36H43NO3S/c1-34(2)19-18-27-13-16-29(37-33(27)34)15-12-25-8-7-10-28(22-25)31(41-24-36(20-21-36)23-32(38)39)17-14-26-9-5-6-11-30(26)35(3,4)40/h5-13,15-16,22,31,40H,14,17-21,23-24H2,1-4H3,(H,38,39)/b15-12+/t31-/m1/s1. The largest absolute Gasteiger partial charge is 0.481 e. The summed E-state index contributed by atoms with van der Waals surface area (Å²) in [4.78, 5) is 16.5. The Hall–Kier alpha value is -2.89. The summed E-state index contributed by atoms with van der Waals surface area (Å²) in [6, 6.07) is 21.2. The van der Waals surface area contributed by atoms with Crippen molar-refractivity contribution in [2.75, 3.05) is 5.75 Å². The van der Waals surface area contributed by atoms with Crippen molar-refractivity contribution in [3.8, 4) is 0 Å². The van der Waals surface area contributed by atoms with Crippen molar-refractivity contribution in [1.82, 2.24) is 4.98 Å². The van der Waals surface area contributed by atoms with E-state index in [-0.39, 0.29) is 22.5 Å². The number of thioether (sulfide) groups is 1. The lowest BCUT2D eigenvalue weighted by Gasteiger charge is -2.24. The van der Waals surface area contributed by atoms with Gasteiger partial charge in [0.25, 0.3) is 0 Å². The highest BCUT2D eigenvalue weighted by Gasteiger charge is 2.44. The third-order valence-corrected chi connectivity index (χ3v) is 10.5. The normalized spacial score (nSPS) is 17.9. The lowest BCUT2D eigenvalue weighted by molar-refractivity contribution is -0.138. The fourth-order valence-electron chi connectivity index (χ4n) is 6.11. The van der Waals surface area contributed by atoms with Crippen molar-refractivity contribution >= 4 is 29.9 Å². The third-order valence-electron chi connectivity index (χ3n) is 8.82. The van der Waals surface area contributed by atoms with E-state index in [1.54, 1.807) is 0 Å². The second-order valence-electron chi connectivity index (χ2n) is 13.3. The monoisotopic (exact) mass is 569 g/mol. The number of rotatable bonds is 12. The molecule has 1 fully saturated rings. The van der Waals surface area contributed by atoms with Gasteiger partial charge in [-0.15, -0.1) is 0 Å². The molecule has 1 heterocycles. The summed E-state index contributed by atoms with van der Waals surface area (Å²) in [5.41, 5.74) is 7.28. The van der Waals surface area contributed by atoms with E-state index in [4.69, 9.17) is 4.98 Å². The van der Waals surface area contributed by atoms with Crippen LogP contribution < -0.4 is 0 Å². The minimum absolute atomic E-state index is 0.0652. The first-order valence-corrected chi connectivity index (χ1v) is 15.9. The molecule has 5 heteroatoms. The van der Waals surface area contributed by atoms with Gasteiger partial charge in [0.1, 0.15) is 0 Å². The van der Waals surface area contributed by atoms with Gasteiger partial charge in [-0.3, -0.25) is 9.78 Å². The van der Waals surface area contributed by atoms with Crippen molar-refractivity contribution in [3.05, 3.63) is 99.9 Å². The molecule has 2 aliphatic carbocycles. The molecule has 2 N–H and O–H groups in total. The Morgan fingerprint density at radius 2 is 1.83 bits per heavy atom. The number of fused-ring (bicyclic) bond motifs is 1. The van der Waals surface area contributed by atoms with Gasteiger partial charge in [0.2, 0.25) is 0 Å². The lowest BCUT2D eigenvalue weighted by atomic mass is 9.90. The smallest absolute Gasteiger partial charge is 0.303 e. The molecule has 2 aromatic carbocycles. The Morgan fingerprint density at radius 3 is 2.56 bits per heavy atom. The molecule has 1 saturated carbocycles. The predicted octanol–water partition coefficient (Wildman–Crippen LogP) is 8.37. The van der Waals surface area contributed by atoms with Gasteiger partial charge in [-0.2, -0.15) is 11.8 Å². The predicted molar refractivity (Wildman–Crippen MR) is 170 cm³/mol. The fourth-order valence-corrected chi connectivity index (χ4v) is 7.68. The van der Waals surface area contributed by atoms with Crippen LogP contribution in [0.2, 0.25) is 0 Å². The minimum Gasteiger partial charge on any atom is -0.481 e. The average Bonchev–Trinajstić information content (AvgIpc) is 3.62. The van der Waals surface area contributed by atoms with Crippen LogP contribution in [0.4, 0.5) is 0 Å². The molecule has 0 saturated heterocycles. The number of hydrogen-bond donors (Lipinski definition) is 2. The van der Waals surface area contributed by atoms with E-state index in [0.29, 0.717) is 0 Å². The van der Waals surface area contributed by atoms with Gasteiger partial charge in [-0.05, 0) is 97.7 Å². The molecule has 5 rings (SSSR count). The number of aromatic nitrogens is 1. The number of aliphatic carboxylic acids is 1. The maximum atomic E-state index is 11.5. The van der Waals surface area contributed by atoms with Gasteiger partial charge < -0.3 is 10.2 Å². The molecule has 0 radical (unpaired) electrons. The fraction of sp³-hybridized carbons (Fsp3) is 0.444. The topological polar surface area (TPSA) is 70.4 Å². The van der Waals surface area contributed by atoms with E-state index in [9.17, 15) is 15.0 Å². The van der Waals surface area contributed by atoms with Crippen LogP contribution in [-0.2, 0) is 28.7 Å². The summed E-state index contributed by atoms with van der Waals surface area (Å²) >= 11 is 1.89. The SMILES string of the molecule is CC(C)(O)c1ccccc1CC[C@@H](SCC1(CC(=O)O)CC1)c1cccc(/C=C/c2ccc3c(n2)C(C)(C)CC3)c1. The average molecular weight is 570 g/mol. The first-order valence-electron chi connectivity index (χ1n) is 14.9. The Kier molecular flexibility index (Phi) is 8.50. The van der Waals surface area contributed by atoms with Gasteiger partial charge in [0.05, 0.1) is 17.7 Å². The number of carboxylic acid groups (broad SMARTS) is 1. The zero-order chi connectivity index (χ0) is 29.3. The van der Waals surface area contributed by atoms with Gasteiger partial charge in [-0.25, -0.2) is 0 Å². The van der Waals surface area contributed by atoms with Crippen LogP contribution in [0.5, 0.6) is 0 Å². The van der Waals surface area contributed by atoms with E-state index < -0.39 is 11.6 Å². The number of carboxylic acids is 1. The molecular weight excluding hydrogens is 526 g/mol. The van der Waals surface area contributed by atoms with Crippen LogP contribution >= 0.6 is 11.8 Å². The zero-order valence-corrected chi connectivity index (χ0v) is 25.6. The summed E-state index contributed by atoms with van der Waals surface area (Å²) in [6.07, 6.45) is 10.5. The highest BCUT2D eigenvalue weighted by Crippen LogP contribution is 2.53. The number of pyridine rings is 1. The van der Waals surface area contributed by atoms with E-state index in [2.05, 4.69) is 68.5 Å². The van der Waals surface area contributed by atoms with E-state index in [1.807, 2.05) is 43.8 Å². The molecule has 4 nitrogen and oxygen atoms in total.